The van der Waals surface area contributed by atoms with E-state index >= 15 is 0 Å². The second-order valence-corrected chi connectivity index (χ2v) is 9.46. The van der Waals surface area contributed by atoms with Crippen molar-refractivity contribution in [3.05, 3.63) is 66.0 Å². The summed E-state index contributed by atoms with van der Waals surface area (Å²) >= 11 is 0. The highest BCUT2D eigenvalue weighted by Gasteiger charge is 2.23. The first-order valence-electron chi connectivity index (χ1n) is 10.2. The number of carbonyl (C=O) groups is 1. The van der Waals surface area contributed by atoms with Gasteiger partial charge in [-0.2, -0.15) is 0 Å². The smallest absolute Gasteiger partial charge is 0.261 e. The van der Waals surface area contributed by atoms with Gasteiger partial charge in [-0.05, 0) is 43.5 Å². The highest BCUT2D eigenvalue weighted by Crippen LogP contribution is 2.29. The number of benzene rings is 1. The van der Waals surface area contributed by atoms with E-state index in [1.165, 1.54) is 6.20 Å². The molecular formula is C22H22F2N4O3S. The Hall–Kier alpha value is -3.27. The molecule has 1 amide bonds. The summed E-state index contributed by atoms with van der Waals surface area (Å²) in [6.45, 7) is 1.66. The molecule has 0 unspecified atom stereocenters. The van der Waals surface area contributed by atoms with Crippen LogP contribution in [-0.2, 0) is 10.0 Å². The minimum absolute atomic E-state index is 0.229. The van der Waals surface area contributed by atoms with Crippen molar-refractivity contribution in [3.8, 4) is 0 Å². The standard InChI is InChI=1S/C22H22F2N4O3S/c1-2-11-32(30,31)27-18-8-7-17(23)19(20(18)24)22(29)26-15-12-14-9-10-28(21(14)25-13-15)16-5-3-4-6-16/h3-4,7-10,12-13,16,27H,2,5-6,11H2,1H3,(H,26,29). The number of allylic oxidation sites excluding steroid dienone is 2. The van der Waals surface area contributed by atoms with Crippen LogP contribution in [-0.4, -0.2) is 29.6 Å². The normalized spacial score (nSPS) is 14.2. The maximum Gasteiger partial charge on any atom is 0.261 e. The molecule has 168 valence electrons. The van der Waals surface area contributed by atoms with Crippen LogP contribution >= 0.6 is 0 Å². The molecule has 4 rings (SSSR count). The monoisotopic (exact) mass is 460 g/mol. The molecule has 0 spiro atoms. The van der Waals surface area contributed by atoms with Gasteiger partial charge in [-0.15, -0.1) is 0 Å². The number of sulfonamides is 1. The number of nitrogens with one attached hydrogen (secondary N) is 2. The SMILES string of the molecule is CCCS(=O)(=O)Nc1ccc(F)c(C(=O)Nc2cnc3c(ccn3C3CC=CC3)c2)c1F. The second kappa shape index (κ2) is 8.70. The van der Waals surface area contributed by atoms with Gasteiger partial charge in [-0.25, -0.2) is 22.2 Å². The van der Waals surface area contributed by atoms with E-state index < -0.39 is 38.8 Å². The largest absolute Gasteiger partial charge is 0.329 e. The number of halogens is 2. The second-order valence-electron chi connectivity index (χ2n) is 7.62. The van der Waals surface area contributed by atoms with Gasteiger partial charge in [0.25, 0.3) is 5.91 Å². The zero-order valence-electron chi connectivity index (χ0n) is 17.3. The molecule has 0 aliphatic heterocycles. The van der Waals surface area contributed by atoms with Crippen molar-refractivity contribution in [2.75, 3.05) is 15.8 Å². The fraction of sp³-hybridized carbons (Fsp3) is 0.273. The van der Waals surface area contributed by atoms with Crippen LogP contribution in [0.5, 0.6) is 0 Å². The van der Waals surface area contributed by atoms with Crippen LogP contribution in [0.3, 0.4) is 0 Å². The third kappa shape index (κ3) is 4.36. The lowest BCUT2D eigenvalue weighted by atomic mass is 10.1. The summed E-state index contributed by atoms with van der Waals surface area (Å²) in [6.07, 6.45) is 9.73. The number of aromatic nitrogens is 2. The first-order valence-corrected chi connectivity index (χ1v) is 11.9. The Balaban J connectivity index is 1.58. The highest BCUT2D eigenvalue weighted by atomic mass is 32.2. The first-order chi connectivity index (χ1) is 15.3. The van der Waals surface area contributed by atoms with E-state index in [0.29, 0.717) is 12.5 Å². The number of hydrogen-bond acceptors (Lipinski definition) is 4. The van der Waals surface area contributed by atoms with Crippen LogP contribution < -0.4 is 10.0 Å². The number of nitrogens with zero attached hydrogens (tertiary/aromatic N) is 2. The lowest BCUT2D eigenvalue weighted by Crippen LogP contribution is -2.20. The molecule has 0 saturated carbocycles. The van der Waals surface area contributed by atoms with Crippen molar-refractivity contribution < 1.29 is 22.0 Å². The molecule has 0 radical (unpaired) electrons. The molecule has 2 N–H and O–H groups in total. The van der Waals surface area contributed by atoms with Gasteiger partial charge in [0.2, 0.25) is 10.0 Å². The number of fused-ring (bicyclic) bond motifs is 1. The van der Waals surface area contributed by atoms with Gasteiger partial charge in [0.15, 0.2) is 5.82 Å². The summed E-state index contributed by atoms with van der Waals surface area (Å²) in [5, 5.41) is 3.22. The van der Waals surface area contributed by atoms with Crippen molar-refractivity contribution in [3.63, 3.8) is 0 Å². The van der Waals surface area contributed by atoms with E-state index in [1.807, 2.05) is 12.3 Å². The molecule has 32 heavy (non-hydrogen) atoms. The van der Waals surface area contributed by atoms with Crippen molar-refractivity contribution in [1.29, 1.82) is 0 Å². The minimum Gasteiger partial charge on any atom is -0.329 e. The lowest BCUT2D eigenvalue weighted by Gasteiger charge is -2.13. The molecule has 0 bridgehead atoms. The number of hydrogen-bond donors (Lipinski definition) is 2. The van der Waals surface area contributed by atoms with Crippen LogP contribution in [0.1, 0.15) is 42.6 Å². The summed E-state index contributed by atoms with van der Waals surface area (Å²) in [6, 6.07) is 5.62. The third-order valence-corrected chi connectivity index (χ3v) is 6.72. The van der Waals surface area contributed by atoms with Gasteiger partial charge >= 0.3 is 0 Å². The molecule has 2 aromatic heterocycles. The van der Waals surface area contributed by atoms with Gasteiger partial charge in [-0.1, -0.05) is 19.1 Å². The molecule has 1 aromatic carbocycles. The quantitative estimate of drug-likeness (QED) is 0.504. The minimum atomic E-state index is -3.81. The summed E-state index contributed by atoms with van der Waals surface area (Å²) in [5.74, 6) is -3.66. The van der Waals surface area contributed by atoms with Gasteiger partial charge in [0.05, 0.1) is 23.3 Å². The Morgan fingerprint density at radius 2 is 1.97 bits per heavy atom. The predicted octanol–water partition coefficient (Wildman–Crippen LogP) is 4.61. The van der Waals surface area contributed by atoms with Crippen LogP contribution in [0, 0.1) is 11.6 Å². The zero-order valence-corrected chi connectivity index (χ0v) is 18.1. The topological polar surface area (TPSA) is 93.1 Å². The molecule has 10 heteroatoms. The number of amides is 1. The van der Waals surface area contributed by atoms with E-state index in [0.717, 1.165) is 36.0 Å². The van der Waals surface area contributed by atoms with Crippen molar-refractivity contribution in [1.82, 2.24) is 9.55 Å². The average molecular weight is 461 g/mol. The van der Waals surface area contributed by atoms with E-state index in [1.54, 1.807) is 13.0 Å². The van der Waals surface area contributed by atoms with Crippen LogP contribution in [0.2, 0.25) is 0 Å². The Morgan fingerprint density at radius 3 is 2.69 bits per heavy atom. The fourth-order valence-corrected chi connectivity index (χ4v) is 4.89. The summed E-state index contributed by atoms with van der Waals surface area (Å²) in [7, 11) is -3.81. The molecule has 0 saturated heterocycles. The first kappa shape index (κ1) is 21.9. The van der Waals surface area contributed by atoms with E-state index in [9.17, 15) is 22.0 Å². The van der Waals surface area contributed by atoms with E-state index in [4.69, 9.17) is 0 Å². The Kier molecular flexibility index (Phi) is 5.96. The maximum absolute atomic E-state index is 14.8. The molecule has 3 aromatic rings. The Labute approximate surface area is 184 Å². The van der Waals surface area contributed by atoms with Gasteiger partial charge < -0.3 is 9.88 Å². The molecule has 2 heterocycles. The van der Waals surface area contributed by atoms with Gasteiger partial charge in [-0.3, -0.25) is 9.52 Å². The fourth-order valence-electron chi connectivity index (χ4n) is 3.76. The third-order valence-electron chi connectivity index (χ3n) is 5.25. The average Bonchev–Trinajstić information content (AvgIpc) is 3.39. The van der Waals surface area contributed by atoms with Crippen LogP contribution in [0.25, 0.3) is 11.0 Å². The lowest BCUT2D eigenvalue weighted by molar-refractivity contribution is 0.101. The molecule has 0 atom stereocenters. The van der Waals surface area contributed by atoms with Crippen molar-refractivity contribution >= 4 is 38.3 Å². The predicted molar refractivity (Wildman–Crippen MR) is 119 cm³/mol. The highest BCUT2D eigenvalue weighted by molar-refractivity contribution is 7.92. The molecular weight excluding hydrogens is 438 g/mol. The van der Waals surface area contributed by atoms with Crippen molar-refractivity contribution in [2.24, 2.45) is 0 Å². The summed E-state index contributed by atoms with van der Waals surface area (Å²) in [4.78, 5) is 17.0. The molecule has 0 fully saturated rings. The van der Waals surface area contributed by atoms with E-state index in [-0.39, 0.29) is 11.4 Å². The number of rotatable bonds is 7. The number of pyridine rings is 1. The van der Waals surface area contributed by atoms with Gasteiger partial charge in [0, 0.05) is 17.6 Å². The van der Waals surface area contributed by atoms with E-state index in [2.05, 4.69) is 31.7 Å². The molecule has 1 aliphatic rings. The Bertz CT molecular complexity index is 1310. The zero-order chi connectivity index (χ0) is 22.9. The van der Waals surface area contributed by atoms with Gasteiger partial charge in [0.1, 0.15) is 17.0 Å². The summed E-state index contributed by atoms with van der Waals surface area (Å²) in [5.41, 5.74) is -0.348. The van der Waals surface area contributed by atoms with Crippen LogP contribution in [0.15, 0.2) is 48.8 Å². The maximum atomic E-state index is 14.8. The molecule has 1 aliphatic carbocycles. The van der Waals surface area contributed by atoms with Crippen molar-refractivity contribution in [2.45, 2.75) is 32.2 Å². The Morgan fingerprint density at radius 1 is 1.22 bits per heavy atom. The number of anilines is 2. The number of carbonyl (C=O) groups excluding carboxylic acids is 1. The van der Waals surface area contributed by atoms with Crippen LogP contribution in [0.4, 0.5) is 20.2 Å². The molecule has 7 nitrogen and oxygen atoms in total. The summed E-state index contributed by atoms with van der Waals surface area (Å²) < 4.78 is 57.1.